The van der Waals surface area contributed by atoms with Crippen LogP contribution in [0.5, 0.6) is 17.2 Å². The SMILES string of the molecule is C=CCOC(=O)C1=C(C)N=c2s/c(=C\c3ccc(OC(C)=O)c(OC)c3)c(=O)n2C1c1ccc(OC)cc1. The van der Waals surface area contributed by atoms with Gasteiger partial charge in [0.1, 0.15) is 12.4 Å². The maximum absolute atomic E-state index is 13.7. The summed E-state index contributed by atoms with van der Waals surface area (Å²) < 4.78 is 23.0. The Morgan fingerprint density at radius 3 is 2.47 bits per heavy atom. The Morgan fingerprint density at radius 1 is 1.11 bits per heavy atom. The van der Waals surface area contributed by atoms with E-state index in [1.54, 1.807) is 62.6 Å². The Kier molecular flexibility index (Phi) is 7.92. The van der Waals surface area contributed by atoms with Crippen molar-refractivity contribution in [2.24, 2.45) is 4.99 Å². The summed E-state index contributed by atoms with van der Waals surface area (Å²) in [5.74, 6) is 0.217. The van der Waals surface area contributed by atoms with Gasteiger partial charge >= 0.3 is 11.9 Å². The number of ether oxygens (including phenoxy) is 4. The second-order valence-electron chi connectivity index (χ2n) is 8.25. The highest BCUT2D eigenvalue weighted by atomic mass is 32.1. The molecule has 0 fully saturated rings. The molecule has 9 nitrogen and oxygen atoms in total. The number of rotatable bonds is 8. The number of thiazole rings is 1. The van der Waals surface area contributed by atoms with Gasteiger partial charge in [0, 0.05) is 6.92 Å². The van der Waals surface area contributed by atoms with Crippen LogP contribution in [0.25, 0.3) is 6.08 Å². The minimum Gasteiger partial charge on any atom is -0.497 e. The van der Waals surface area contributed by atoms with Crippen molar-refractivity contribution in [2.45, 2.75) is 19.9 Å². The van der Waals surface area contributed by atoms with Gasteiger partial charge in [-0.05, 0) is 48.4 Å². The van der Waals surface area contributed by atoms with E-state index in [-0.39, 0.29) is 23.5 Å². The summed E-state index contributed by atoms with van der Waals surface area (Å²) >= 11 is 1.20. The molecule has 1 aromatic heterocycles. The van der Waals surface area contributed by atoms with Crippen LogP contribution in [0.15, 0.2) is 76.2 Å². The second-order valence-corrected chi connectivity index (χ2v) is 9.26. The monoisotopic (exact) mass is 534 g/mol. The lowest BCUT2D eigenvalue weighted by Gasteiger charge is -2.24. The largest absolute Gasteiger partial charge is 0.497 e. The zero-order valence-electron chi connectivity index (χ0n) is 21.3. The van der Waals surface area contributed by atoms with Gasteiger partial charge in [-0.2, -0.15) is 0 Å². The molecule has 38 heavy (non-hydrogen) atoms. The normalized spacial score (nSPS) is 14.8. The molecule has 1 atom stereocenters. The summed E-state index contributed by atoms with van der Waals surface area (Å²) in [7, 11) is 3.03. The molecule has 2 aromatic carbocycles. The second kappa shape index (κ2) is 11.3. The van der Waals surface area contributed by atoms with Crippen LogP contribution in [0, 0.1) is 0 Å². The zero-order valence-corrected chi connectivity index (χ0v) is 22.2. The average Bonchev–Trinajstić information content (AvgIpc) is 3.21. The van der Waals surface area contributed by atoms with Crippen molar-refractivity contribution in [3.63, 3.8) is 0 Å². The molecule has 0 radical (unpaired) electrons. The number of methoxy groups -OCH3 is 2. The number of fused-ring (bicyclic) bond motifs is 1. The smallest absolute Gasteiger partial charge is 0.338 e. The fourth-order valence-corrected chi connectivity index (χ4v) is 5.11. The first-order chi connectivity index (χ1) is 18.3. The summed E-state index contributed by atoms with van der Waals surface area (Å²) in [6.45, 7) is 6.65. The van der Waals surface area contributed by atoms with E-state index in [1.165, 1.54) is 36.0 Å². The Hall–Kier alpha value is -4.44. The molecule has 1 aliphatic rings. The highest BCUT2D eigenvalue weighted by molar-refractivity contribution is 7.07. The van der Waals surface area contributed by atoms with Crippen molar-refractivity contribution in [3.8, 4) is 17.2 Å². The molecule has 0 aliphatic carbocycles. The fourth-order valence-electron chi connectivity index (χ4n) is 4.06. The van der Waals surface area contributed by atoms with E-state index in [9.17, 15) is 14.4 Å². The number of carbonyl (C=O) groups is 2. The molecule has 10 heteroatoms. The van der Waals surface area contributed by atoms with E-state index >= 15 is 0 Å². The van der Waals surface area contributed by atoms with E-state index in [4.69, 9.17) is 18.9 Å². The Balaban J connectivity index is 1.87. The summed E-state index contributed by atoms with van der Waals surface area (Å²) in [6.07, 6.45) is 3.18. The quantitative estimate of drug-likeness (QED) is 0.249. The predicted octanol–water partition coefficient (Wildman–Crippen LogP) is 2.91. The number of benzene rings is 2. The van der Waals surface area contributed by atoms with Crippen molar-refractivity contribution in [1.29, 1.82) is 0 Å². The number of allylic oxidation sites excluding steroid dienone is 1. The van der Waals surface area contributed by atoms with Crippen LogP contribution in [-0.4, -0.2) is 37.3 Å². The number of carbonyl (C=O) groups excluding carboxylic acids is 2. The molecule has 196 valence electrons. The van der Waals surface area contributed by atoms with E-state index in [0.717, 1.165) is 0 Å². The molecule has 3 aromatic rings. The number of hydrogen-bond donors (Lipinski definition) is 0. The van der Waals surface area contributed by atoms with Gasteiger partial charge in [0.15, 0.2) is 16.3 Å². The van der Waals surface area contributed by atoms with Crippen LogP contribution in [0.4, 0.5) is 0 Å². The highest BCUT2D eigenvalue weighted by Crippen LogP contribution is 2.32. The molecule has 0 N–H and O–H groups in total. The molecule has 0 spiro atoms. The topological polar surface area (TPSA) is 105 Å². The number of aromatic nitrogens is 1. The molecule has 0 saturated carbocycles. The van der Waals surface area contributed by atoms with Crippen molar-refractivity contribution >= 4 is 29.4 Å². The minimum absolute atomic E-state index is 0.0283. The molecule has 0 bridgehead atoms. The van der Waals surface area contributed by atoms with Crippen LogP contribution in [-0.2, 0) is 14.3 Å². The third kappa shape index (κ3) is 5.30. The predicted molar refractivity (Wildman–Crippen MR) is 142 cm³/mol. The van der Waals surface area contributed by atoms with Gasteiger partial charge in [0.05, 0.1) is 36.1 Å². The summed E-state index contributed by atoms with van der Waals surface area (Å²) in [4.78, 5) is 43.2. The lowest BCUT2D eigenvalue weighted by Crippen LogP contribution is -2.39. The van der Waals surface area contributed by atoms with Crippen molar-refractivity contribution in [1.82, 2.24) is 4.57 Å². The maximum Gasteiger partial charge on any atom is 0.338 e. The van der Waals surface area contributed by atoms with Gasteiger partial charge in [-0.1, -0.05) is 42.2 Å². The highest BCUT2D eigenvalue weighted by Gasteiger charge is 2.33. The van der Waals surface area contributed by atoms with Gasteiger partial charge in [0.2, 0.25) is 0 Å². The Labute approximate surface area is 222 Å². The third-order valence-electron chi connectivity index (χ3n) is 5.74. The van der Waals surface area contributed by atoms with Crippen LogP contribution in [0.2, 0.25) is 0 Å². The molecule has 2 heterocycles. The first-order valence-corrected chi connectivity index (χ1v) is 12.4. The lowest BCUT2D eigenvalue weighted by molar-refractivity contribution is -0.138. The van der Waals surface area contributed by atoms with Gasteiger partial charge in [-0.15, -0.1) is 0 Å². The van der Waals surface area contributed by atoms with Crippen molar-refractivity contribution < 1.29 is 28.5 Å². The van der Waals surface area contributed by atoms with Crippen molar-refractivity contribution in [3.05, 3.63) is 97.2 Å². The maximum atomic E-state index is 13.7. The first-order valence-electron chi connectivity index (χ1n) is 11.6. The van der Waals surface area contributed by atoms with Gasteiger partial charge < -0.3 is 18.9 Å². The molecular formula is C28H26N2O7S. The van der Waals surface area contributed by atoms with Gasteiger partial charge in [0.25, 0.3) is 5.56 Å². The van der Waals surface area contributed by atoms with Gasteiger partial charge in [-0.3, -0.25) is 14.2 Å². The zero-order chi connectivity index (χ0) is 27.4. The van der Waals surface area contributed by atoms with Gasteiger partial charge in [-0.25, -0.2) is 9.79 Å². The van der Waals surface area contributed by atoms with Crippen LogP contribution in [0.3, 0.4) is 0 Å². The van der Waals surface area contributed by atoms with E-state index in [1.807, 2.05) is 0 Å². The average molecular weight is 535 g/mol. The first kappa shape index (κ1) is 26.6. The molecule has 1 aliphatic heterocycles. The molecule has 4 rings (SSSR count). The number of nitrogens with zero attached hydrogens (tertiary/aromatic N) is 2. The Morgan fingerprint density at radius 2 is 1.84 bits per heavy atom. The summed E-state index contributed by atoms with van der Waals surface area (Å²) in [5.41, 5.74) is 1.76. The molecule has 0 saturated heterocycles. The molecular weight excluding hydrogens is 508 g/mol. The summed E-state index contributed by atoms with van der Waals surface area (Å²) in [6, 6.07) is 11.4. The summed E-state index contributed by atoms with van der Waals surface area (Å²) in [5, 5.41) is 0. The number of hydrogen-bond acceptors (Lipinski definition) is 9. The Bertz CT molecular complexity index is 1610. The minimum atomic E-state index is -0.752. The third-order valence-corrected chi connectivity index (χ3v) is 6.73. The van der Waals surface area contributed by atoms with E-state index < -0.39 is 18.0 Å². The fraction of sp³-hybridized carbons (Fsp3) is 0.214. The van der Waals surface area contributed by atoms with Crippen LogP contribution >= 0.6 is 11.3 Å². The van der Waals surface area contributed by atoms with E-state index in [0.29, 0.717) is 37.7 Å². The standard InChI is InChI=1S/C28H26N2O7S/c1-6-13-36-27(33)24-16(2)29-28-30(25(24)19-8-10-20(34-4)11-9-19)26(32)23(38-28)15-18-7-12-21(37-17(3)31)22(14-18)35-5/h6-12,14-15,25H,1,13H2,2-5H3/b23-15-. The number of esters is 2. The molecule has 1 unspecified atom stereocenters. The van der Waals surface area contributed by atoms with Crippen LogP contribution in [0.1, 0.15) is 31.0 Å². The van der Waals surface area contributed by atoms with Crippen LogP contribution < -0.4 is 29.1 Å². The van der Waals surface area contributed by atoms with Crippen molar-refractivity contribution in [2.75, 3.05) is 20.8 Å². The van der Waals surface area contributed by atoms with E-state index in [2.05, 4.69) is 11.6 Å². The lowest BCUT2D eigenvalue weighted by atomic mass is 9.96. The molecule has 0 amide bonds.